The highest BCUT2D eigenvalue weighted by molar-refractivity contribution is 6.04. The van der Waals surface area contributed by atoms with Gasteiger partial charge in [0.15, 0.2) is 5.69 Å². The number of para-hydroxylation sites is 1. The average molecular weight is 336 g/mol. The van der Waals surface area contributed by atoms with Crippen LogP contribution in [0, 0.1) is 13.8 Å². The van der Waals surface area contributed by atoms with Crippen LogP contribution in [0.1, 0.15) is 27.3 Å². The summed E-state index contributed by atoms with van der Waals surface area (Å²) in [5, 5.41) is 11.1. The number of carbonyl (C=O) groups is 1. The van der Waals surface area contributed by atoms with Crippen molar-refractivity contribution in [2.24, 2.45) is 0 Å². The van der Waals surface area contributed by atoms with Crippen molar-refractivity contribution in [3.05, 3.63) is 71.0 Å². The summed E-state index contributed by atoms with van der Waals surface area (Å²) >= 11 is 0. The van der Waals surface area contributed by atoms with Crippen LogP contribution in [0.4, 0.5) is 5.69 Å². The molecule has 3 rings (SSSR count). The van der Waals surface area contributed by atoms with Crippen molar-refractivity contribution in [2.75, 3.05) is 12.4 Å². The second-order valence-corrected chi connectivity index (χ2v) is 5.84. The van der Waals surface area contributed by atoms with Gasteiger partial charge in [0.2, 0.25) is 0 Å². The quantitative estimate of drug-likeness (QED) is 0.776. The Labute approximate surface area is 146 Å². The molecule has 3 aromatic rings. The Balaban J connectivity index is 1.95. The molecule has 1 heterocycles. The van der Waals surface area contributed by atoms with Crippen LogP contribution in [-0.2, 0) is 11.3 Å². The summed E-state index contributed by atoms with van der Waals surface area (Å²) in [6.07, 6.45) is 0. The molecule has 0 spiro atoms. The Morgan fingerprint density at radius 2 is 1.92 bits per heavy atom. The molecule has 1 aromatic heterocycles. The van der Waals surface area contributed by atoms with Crippen molar-refractivity contribution in [2.45, 2.75) is 20.5 Å². The van der Waals surface area contributed by atoms with Crippen LogP contribution in [0.5, 0.6) is 0 Å². The zero-order valence-electron chi connectivity index (χ0n) is 14.5. The van der Waals surface area contributed by atoms with Gasteiger partial charge in [0.1, 0.15) is 5.69 Å². The maximum absolute atomic E-state index is 12.7. The number of hydrogen-bond acceptors (Lipinski definition) is 4. The molecule has 1 N–H and O–H groups in total. The summed E-state index contributed by atoms with van der Waals surface area (Å²) in [5.74, 6) is -0.303. The first kappa shape index (κ1) is 16.9. The molecule has 6 nitrogen and oxygen atoms in total. The van der Waals surface area contributed by atoms with Gasteiger partial charge in [0, 0.05) is 12.8 Å². The fraction of sp³-hybridized carbons (Fsp3) is 0.211. The van der Waals surface area contributed by atoms with E-state index in [0.717, 1.165) is 22.5 Å². The fourth-order valence-corrected chi connectivity index (χ4v) is 2.57. The minimum atomic E-state index is -0.303. The topological polar surface area (TPSA) is 69.0 Å². The molecule has 2 aromatic carbocycles. The second-order valence-electron chi connectivity index (χ2n) is 5.84. The van der Waals surface area contributed by atoms with Gasteiger partial charge in [-0.3, -0.25) is 4.79 Å². The number of carbonyl (C=O) groups excluding carboxylic acids is 1. The maximum Gasteiger partial charge on any atom is 0.278 e. The minimum absolute atomic E-state index is 0.234. The van der Waals surface area contributed by atoms with Gasteiger partial charge in [0.25, 0.3) is 5.91 Å². The number of amides is 1. The normalized spacial score (nSPS) is 10.7. The van der Waals surface area contributed by atoms with Gasteiger partial charge in [-0.05, 0) is 43.2 Å². The fourth-order valence-electron chi connectivity index (χ4n) is 2.57. The zero-order valence-corrected chi connectivity index (χ0v) is 14.5. The molecule has 0 bridgehead atoms. The van der Waals surface area contributed by atoms with E-state index in [-0.39, 0.29) is 18.2 Å². The lowest BCUT2D eigenvalue weighted by Gasteiger charge is -2.10. The Kier molecular flexibility index (Phi) is 4.90. The van der Waals surface area contributed by atoms with Crippen LogP contribution >= 0.6 is 0 Å². The molecule has 6 heteroatoms. The third kappa shape index (κ3) is 3.59. The SMILES string of the molecule is COCc1c(C(=O)Nc2cc(C)ccc2C)nnn1-c1ccccc1. The number of hydrogen-bond donors (Lipinski definition) is 1. The van der Waals surface area contributed by atoms with E-state index in [1.807, 2.05) is 62.4 Å². The van der Waals surface area contributed by atoms with Gasteiger partial charge >= 0.3 is 0 Å². The van der Waals surface area contributed by atoms with Gasteiger partial charge in [-0.15, -0.1) is 5.10 Å². The number of nitrogens with zero attached hydrogens (tertiary/aromatic N) is 3. The van der Waals surface area contributed by atoms with Gasteiger partial charge in [0.05, 0.1) is 12.3 Å². The highest BCUT2D eigenvalue weighted by atomic mass is 16.5. The lowest BCUT2D eigenvalue weighted by atomic mass is 10.1. The van der Waals surface area contributed by atoms with Crippen molar-refractivity contribution in [1.29, 1.82) is 0 Å². The highest BCUT2D eigenvalue weighted by Gasteiger charge is 2.21. The zero-order chi connectivity index (χ0) is 17.8. The summed E-state index contributed by atoms with van der Waals surface area (Å²) in [4.78, 5) is 12.7. The number of anilines is 1. The molecule has 0 aliphatic heterocycles. The average Bonchev–Trinajstić information content (AvgIpc) is 3.03. The Morgan fingerprint density at radius 3 is 2.64 bits per heavy atom. The predicted molar refractivity (Wildman–Crippen MR) is 95.9 cm³/mol. The predicted octanol–water partition coefficient (Wildman–Crippen LogP) is 3.28. The van der Waals surface area contributed by atoms with Crippen LogP contribution < -0.4 is 5.32 Å². The summed E-state index contributed by atoms with van der Waals surface area (Å²) in [7, 11) is 1.58. The molecule has 1 amide bonds. The lowest BCUT2D eigenvalue weighted by Crippen LogP contribution is -2.16. The third-order valence-electron chi connectivity index (χ3n) is 3.90. The van der Waals surface area contributed by atoms with Crippen molar-refractivity contribution >= 4 is 11.6 Å². The standard InChI is InChI=1S/C19H20N4O2/c1-13-9-10-14(2)16(11-13)20-19(24)18-17(12-25-3)23(22-21-18)15-7-5-4-6-8-15/h4-11H,12H2,1-3H3,(H,20,24). The largest absolute Gasteiger partial charge is 0.378 e. The Hall–Kier alpha value is -2.99. The number of benzene rings is 2. The maximum atomic E-state index is 12.7. The molecule has 0 aliphatic rings. The van der Waals surface area contributed by atoms with E-state index in [0.29, 0.717) is 5.69 Å². The van der Waals surface area contributed by atoms with E-state index in [9.17, 15) is 4.79 Å². The molecule has 0 saturated carbocycles. The molecular weight excluding hydrogens is 316 g/mol. The Bertz CT molecular complexity index is 888. The minimum Gasteiger partial charge on any atom is -0.378 e. The van der Waals surface area contributed by atoms with Crippen LogP contribution in [-0.4, -0.2) is 28.0 Å². The summed E-state index contributed by atoms with van der Waals surface area (Å²) < 4.78 is 6.88. The van der Waals surface area contributed by atoms with E-state index < -0.39 is 0 Å². The van der Waals surface area contributed by atoms with Gasteiger partial charge < -0.3 is 10.1 Å². The van der Waals surface area contributed by atoms with E-state index in [4.69, 9.17) is 4.74 Å². The van der Waals surface area contributed by atoms with Crippen molar-refractivity contribution in [1.82, 2.24) is 15.0 Å². The van der Waals surface area contributed by atoms with Gasteiger partial charge in [-0.2, -0.15) is 0 Å². The first-order valence-electron chi connectivity index (χ1n) is 7.97. The Morgan fingerprint density at radius 1 is 1.16 bits per heavy atom. The lowest BCUT2D eigenvalue weighted by molar-refractivity contribution is 0.101. The number of aromatic nitrogens is 3. The second kappa shape index (κ2) is 7.27. The first-order chi connectivity index (χ1) is 12.1. The monoisotopic (exact) mass is 336 g/mol. The van der Waals surface area contributed by atoms with Gasteiger partial charge in [-0.1, -0.05) is 35.5 Å². The molecule has 0 saturated heterocycles. The van der Waals surface area contributed by atoms with E-state index in [1.54, 1.807) is 11.8 Å². The van der Waals surface area contributed by atoms with Crippen LogP contribution in [0.2, 0.25) is 0 Å². The number of rotatable bonds is 5. The summed E-state index contributed by atoms with van der Waals surface area (Å²) in [6, 6.07) is 15.5. The van der Waals surface area contributed by atoms with Crippen molar-refractivity contribution in [3.8, 4) is 5.69 Å². The first-order valence-corrected chi connectivity index (χ1v) is 7.97. The molecule has 0 aliphatic carbocycles. The molecule has 25 heavy (non-hydrogen) atoms. The van der Waals surface area contributed by atoms with E-state index >= 15 is 0 Å². The molecule has 0 unspecified atom stereocenters. The van der Waals surface area contributed by atoms with Crippen LogP contribution in [0.3, 0.4) is 0 Å². The van der Waals surface area contributed by atoms with Crippen molar-refractivity contribution < 1.29 is 9.53 Å². The van der Waals surface area contributed by atoms with E-state index in [2.05, 4.69) is 15.6 Å². The molecular formula is C19H20N4O2. The summed E-state index contributed by atoms with van der Waals surface area (Å²) in [6.45, 7) is 4.17. The smallest absolute Gasteiger partial charge is 0.278 e. The van der Waals surface area contributed by atoms with Gasteiger partial charge in [-0.25, -0.2) is 4.68 Å². The highest BCUT2D eigenvalue weighted by Crippen LogP contribution is 2.19. The molecule has 128 valence electrons. The summed E-state index contributed by atoms with van der Waals surface area (Å²) in [5.41, 5.74) is 4.52. The van der Waals surface area contributed by atoms with Crippen molar-refractivity contribution in [3.63, 3.8) is 0 Å². The number of ether oxygens (including phenoxy) is 1. The third-order valence-corrected chi connectivity index (χ3v) is 3.90. The molecule has 0 radical (unpaired) electrons. The number of methoxy groups -OCH3 is 1. The molecule has 0 atom stereocenters. The van der Waals surface area contributed by atoms with Crippen LogP contribution in [0.15, 0.2) is 48.5 Å². The number of aryl methyl sites for hydroxylation is 2. The number of nitrogens with one attached hydrogen (secondary N) is 1. The molecule has 0 fully saturated rings. The van der Waals surface area contributed by atoms with Crippen LogP contribution in [0.25, 0.3) is 5.69 Å². The van der Waals surface area contributed by atoms with E-state index in [1.165, 1.54) is 0 Å².